The lowest BCUT2D eigenvalue weighted by Crippen LogP contribution is -2.36. The van der Waals surface area contributed by atoms with Crippen molar-refractivity contribution in [2.75, 3.05) is 6.54 Å². The zero-order chi connectivity index (χ0) is 21.2. The standard InChI is InChI=1S/C22H32FNO4/c1-7-9-10-19(15-24-21(25)28-22(4,5)6)27-20(8-2)16(3)26-18-13-11-17(23)12-14-18/h7,9-14,16,20H,8,15H2,1-6H3,(H,24,25)/b9-7+,19-10-/t16-,20?/m0/s1. The monoisotopic (exact) mass is 393 g/mol. The second kappa shape index (κ2) is 11.4. The zero-order valence-corrected chi connectivity index (χ0v) is 17.6. The summed E-state index contributed by atoms with van der Waals surface area (Å²) in [5.41, 5.74) is -0.568. The van der Waals surface area contributed by atoms with E-state index < -0.39 is 11.7 Å². The van der Waals surface area contributed by atoms with Crippen LogP contribution in [0.5, 0.6) is 5.75 Å². The van der Waals surface area contributed by atoms with Crippen molar-refractivity contribution >= 4 is 6.09 Å². The maximum Gasteiger partial charge on any atom is 0.408 e. The fourth-order valence-electron chi connectivity index (χ4n) is 2.33. The number of carbonyl (C=O) groups is 1. The Balaban J connectivity index is 2.73. The molecular formula is C22H32FNO4. The Morgan fingerprint density at radius 2 is 1.89 bits per heavy atom. The average molecular weight is 393 g/mol. The lowest BCUT2D eigenvalue weighted by atomic mass is 10.1. The predicted octanol–water partition coefficient (Wildman–Crippen LogP) is 5.37. The molecular weight excluding hydrogens is 361 g/mol. The number of amides is 1. The second-order valence-corrected chi connectivity index (χ2v) is 7.36. The van der Waals surface area contributed by atoms with E-state index in [0.29, 0.717) is 17.9 Å². The molecule has 28 heavy (non-hydrogen) atoms. The molecule has 0 saturated heterocycles. The molecule has 0 aliphatic carbocycles. The number of nitrogens with one attached hydrogen (secondary N) is 1. The van der Waals surface area contributed by atoms with Gasteiger partial charge in [0.2, 0.25) is 0 Å². The zero-order valence-electron chi connectivity index (χ0n) is 17.6. The van der Waals surface area contributed by atoms with Gasteiger partial charge in [0.25, 0.3) is 0 Å². The SMILES string of the molecule is C/C=C/C=C(/CNC(=O)OC(C)(C)C)OC(CC)[C@H](C)Oc1ccc(F)cc1. The van der Waals surface area contributed by atoms with Crippen molar-refractivity contribution < 1.29 is 23.4 Å². The second-order valence-electron chi connectivity index (χ2n) is 7.36. The van der Waals surface area contributed by atoms with Gasteiger partial charge in [-0.1, -0.05) is 19.1 Å². The topological polar surface area (TPSA) is 56.8 Å². The Labute approximate surface area is 167 Å². The molecule has 0 radical (unpaired) electrons. The van der Waals surface area contributed by atoms with Crippen LogP contribution in [-0.2, 0) is 9.47 Å². The van der Waals surface area contributed by atoms with Gasteiger partial charge in [-0.25, -0.2) is 9.18 Å². The summed E-state index contributed by atoms with van der Waals surface area (Å²) < 4.78 is 30.3. The van der Waals surface area contributed by atoms with Crippen LogP contribution in [0.4, 0.5) is 9.18 Å². The number of ether oxygens (including phenoxy) is 3. The lowest BCUT2D eigenvalue weighted by molar-refractivity contribution is 0.0138. The summed E-state index contributed by atoms with van der Waals surface area (Å²) in [6.07, 6.45) is 5.17. The molecule has 1 rings (SSSR count). The van der Waals surface area contributed by atoms with E-state index in [-0.39, 0.29) is 24.6 Å². The Hall–Kier alpha value is -2.50. The van der Waals surface area contributed by atoms with Crippen LogP contribution in [-0.4, -0.2) is 30.4 Å². The van der Waals surface area contributed by atoms with Crippen LogP contribution in [0.25, 0.3) is 0 Å². The quantitative estimate of drug-likeness (QED) is 0.452. The van der Waals surface area contributed by atoms with Crippen LogP contribution in [0, 0.1) is 5.82 Å². The molecule has 5 nitrogen and oxygen atoms in total. The van der Waals surface area contributed by atoms with Gasteiger partial charge in [-0.2, -0.15) is 0 Å². The molecule has 0 fully saturated rings. The molecule has 156 valence electrons. The molecule has 0 saturated carbocycles. The first-order valence-electron chi connectivity index (χ1n) is 9.52. The van der Waals surface area contributed by atoms with Gasteiger partial charge in [0.05, 0.1) is 6.54 Å². The fourth-order valence-corrected chi connectivity index (χ4v) is 2.33. The van der Waals surface area contributed by atoms with Gasteiger partial charge in [0, 0.05) is 0 Å². The molecule has 1 aromatic carbocycles. The number of hydrogen-bond donors (Lipinski definition) is 1. The van der Waals surface area contributed by atoms with Crippen LogP contribution in [0.15, 0.2) is 48.3 Å². The molecule has 0 aliphatic rings. The molecule has 6 heteroatoms. The average Bonchev–Trinajstić information content (AvgIpc) is 2.61. The predicted molar refractivity (Wildman–Crippen MR) is 109 cm³/mol. The highest BCUT2D eigenvalue weighted by atomic mass is 19.1. The first kappa shape index (κ1) is 23.5. The number of rotatable bonds is 9. The minimum atomic E-state index is -0.568. The van der Waals surface area contributed by atoms with Crippen molar-refractivity contribution in [3.05, 3.63) is 54.1 Å². The van der Waals surface area contributed by atoms with Crippen molar-refractivity contribution in [1.82, 2.24) is 5.32 Å². The summed E-state index contributed by atoms with van der Waals surface area (Å²) in [6.45, 7) is 11.4. The number of hydrogen-bond acceptors (Lipinski definition) is 4. The summed E-state index contributed by atoms with van der Waals surface area (Å²) in [7, 11) is 0. The number of carbonyl (C=O) groups excluding carboxylic acids is 1. The van der Waals surface area contributed by atoms with E-state index in [0.717, 1.165) is 0 Å². The number of alkyl carbamates (subject to hydrolysis) is 1. The van der Waals surface area contributed by atoms with E-state index in [4.69, 9.17) is 14.2 Å². The molecule has 0 aromatic heterocycles. The van der Waals surface area contributed by atoms with Gasteiger partial charge in [-0.3, -0.25) is 0 Å². The summed E-state index contributed by atoms with van der Waals surface area (Å²) >= 11 is 0. The lowest BCUT2D eigenvalue weighted by Gasteiger charge is -2.26. The number of allylic oxidation sites excluding steroid dienone is 3. The van der Waals surface area contributed by atoms with Gasteiger partial charge in [0.15, 0.2) is 0 Å². The van der Waals surface area contributed by atoms with Gasteiger partial charge in [-0.05, 0) is 71.4 Å². The molecule has 0 heterocycles. The summed E-state index contributed by atoms with van der Waals surface area (Å²) in [5, 5.41) is 2.70. The number of benzene rings is 1. The highest BCUT2D eigenvalue weighted by molar-refractivity contribution is 5.67. The smallest absolute Gasteiger partial charge is 0.408 e. The maximum atomic E-state index is 13.1. The Morgan fingerprint density at radius 3 is 2.43 bits per heavy atom. The van der Waals surface area contributed by atoms with Gasteiger partial charge >= 0.3 is 6.09 Å². The van der Waals surface area contributed by atoms with Crippen molar-refractivity contribution in [2.45, 2.75) is 65.8 Å². The van der Waals surface area contributed by atoms with Crippen molar-refractivity contribution in [2.24, 2.45) is 0 Å². The van der Waals surface area contributed by atoms with E-state index in [1.165, 1.54) is 12.1 Å². The molecule has 0 bridgehead atoms. The van der Waals surface area contributed by atoms with E-state index >= 15 is 0 Å². The molecule has 0 aliphatic heterocycles. The Kier molecular flexibility index (Phi) is 9.56. The molecule has 0 spiro atoms. The van der Waals surface area contributed by atoms with E-state index in [2.05, 4.69) is 5.32 Å². The molecule has 1 N–H and O–H groups in total. The van der Waals surface area contributed by atoms with Crippen LogP contribution in [0.1, 0.15) is 48.0 Å². The Morgan fingerprint density at radius 1 is 1.25 bits per heavy atom. The van der Waals surface area contributed by atoms with Crippen LogP contribution >= 0.6 is 0 Å². The molecule has 1 unspecified atom stereocenters. The van der Waals surface area contributed by atoms with Crippen LogP contribution in [0.2, 0.25) is 0 Å². The third-order valence-corrected chi connectivity index (χ3v) is 3.64. The van der Waals surface area contributed by atoms with Crippen molar-refractivity contribution in [3.63, 3.8) is 0 Å². The highest BCUT2D eigenvalue weighted by Gasteiger charge is 2.21. The van der Waals surface area contributed by atoms with Gasteiger partial charge in [-0.15, -0.1) is 0 Å². The Bertz CT molecular complexity index is 662. The van der Waals surface area contributed by atoms with Gasteiger partial charge in [0.1, 0.15) is 35.1 Å². The molecule has 2 atom stereocenters. The molecule has 1 amide bonds. The van der Waals surface area contributed by atoms with E-state index in [9.17, 15) is 9.18 Å². The largest absolute Gasteiger partial charge is 0.489 e. The molecule has 1 aromatic rings. The highest BCUT2D eigenvalue weighted by Crippen LogP contribution is 2.18. The van der Waals surface area contributed by atoms with Crippen molar-refractivity contribution in [3.8, 4) is 5.75 Å². The van der Waals surface area contributed by atoms with Crippen LogP contribution < -0.4 is 10.1 Å². The van der Waals surface area contributed by atoms with E-state index in [1.54, 1.807) is 39.0 Å². The minimum absolute atomic E-state index is 0.193. The third-order valence-electron chi connectivity index (χ3n) is 3.64. The fraction of sp³-hybridized carbons (Fsp3) is 0.500. The normalized spacial score (nSPS) is 14.5. The van der Waals surface area contributed by atoms with E-state index in [1.807, 2.05) is 32.9 Å². The number of halogens is 1. The summed E-state index contributed by atoms with van der Waals surface area (Å²) in [6, 6.07) is 5.87. The van der Waals surface area contributed by atoms with Crippen LogP contribution in [0.3, 0.4) is 0 Å². The summed E-state index contributed by atoms with van der Waals surface area (Å²) in [5.74, 6) is 0.847. The van der Waals surface area contributed by atoms with Crippen molar-refractivity contribution in [1.29, 1.82) is 0 Å². The maximum absolute atomic E-state index is 13.1. The summed E-state index contributed by atoms with van der Waals surface area (Å²) in [4.78, 5) is 11.9. The van der Waals surface area contributed by atoms with Gasteiger partial charge < -0.3 is 19.5 Å². The minimum Gasteiger partial charge on any atom is -0.489 e. The first-order chi connectivity index (χ1) is 13.1. The third kappa shape index (κ3) is 9.44. The first-order valence-corrected chi connectivity index (χ1v) is 9.52.